The first-order valence-corrected chi connectivity index (χ1v) is 8.80. The summed E-state index contributed by atoms with van der Waals surface area (Å²) in [5, 5.41) is 9.09. The van der Waals surface area contributed by atoms with Crippen LogP contribution in [0, 0.1) is 11.3 Å². The quantitative estimate of drug-likeness (QED) is 0.678. The highest BCUT2D eigenvalue weighted by Gasteiger charge is 2.43. The predicted octanol–water partition coefficient (Wildman–Crippen LogP) is 0.342. The topological polar surface area (TPSA) is 78.9 Å². The van der Waals surface area contributed by atoms with E-state index in [1.807, 2.05) is 0 Å². The minimum Gasteiger partial charge on any atom is -0.396 e. The summed E-state index contributed by atoms with van der Waals surface area (Å²) in [6.45, 7) is 2.36. The summed E-state index contributed by atoms with van der Waals surface area (Å²) in [6.07, 6.45) is 4.55. The fraction of sp³-hybridized carbons (Fsp3) is 1.00. The van der Waals surface area contributed by atoms with E-state index in [-0.39, 0.29) is 17.9 Å². The zero-order chi connectivity index (χ0) is 14.6. The second-order valence-corrected chi connectivity index (χ2v) is 7.85. The van der Waals surface area contributed by atoms with Gasteiger partial charge in [0.1, 0.15) is 0 Å². The van der Waals surface area contributed by atoms with Gasteiger partial charge in [-0.15, -0.1) is 0 Å². The molecule has 2 aliphatic rings. The van der Waals surface area contributed by atoms with E-state index in [0.29, 0.717) is 26.2 Å². The van der Waals surface area contributed by atoms with Crippen molar-refractivity contribution in [1.82, 2.24) is 9.03 Å². The third-order valence-electron chi connectivity index (χ3n) is 4.59. The van der Waals surface area contributed by atoms with E-state index in [0.717, 1.165) is 32.1 Å². The van der Waals surface area contributed by atoms with Gasteiger partial charge < -0.3 is 9.84 Å². The Morgan fingerprint density at radius 3 is 2.50 bits per heavy atom. The van der Waals surface area contributed by atoms with Crippen molar-refractivity contribution in [2.24, 2.45) is 11.3 Å². The number of piperidine rings is 1. The smallest absolute Gasteiger partial charge is 0.279 e. The molecule has 1 aliphatic carbocycles. The molecule has 118 valence electrons. The van der Waals surface area contributed by atoms with Crippen molar-refractivity contribution in [3.8, 4) is 0 Å². The van der Waals surface area contributed by atoms with Gasteiger partial charge in [0.15, 0.2) is 0 Å². The molecule has 0 amide bonds. The zero-order valence-corrected chi connectivity index (χ0v) is 13.0. The first kappa shape index (κ1) is 16.2. The van der Waals surface area contributed by atoms with Crippen molar-refractivity contribution in [3.63, 3.8) is 0 Å². The van der Waals surface area contributed by atoms with Gasteiger partial charge in [-0.3, -0.25) is 0 Å². The number of hydrogen-bond donors (Lipinski definition) is 2. The van der Waals surface area contributed by atoms with Crippen molar-refractivity contribution in [2.75, 3.05) is 40.0 Å². The van der Waals surface area contributed by atoms with Crippen LogP contribution in [0.1, 0.15) is 32.1 Å². The zero-order valence-electron chi connectivity index (χ0n) is 12.2. The van der Waals surface area contributed by atoms with E-state index in [4.69, 9.17) is 9.84 Å². The SMILES string of the molecule is COCCC1(CNS(=O)(=O)N2CCC(CO)CC2)CC1. The van der Waals surface area contributed by atoms with Crippen LogP contribution in [-0.4, -0.2) is 57.8 Å². The first-order chi connectivity index (χ1) is 9.51. The van der Waals surface area contributed by atoms with Gasteiger partial charge in [0.2, 0.25) is 0 Å². The Balaban J connectivity index is 1.80. The molecule has 1 saturated heterocycles. The first-order valence-electron chi connectivity index (χ1n) is 7.36. The summed E-state index contributed by atoms with van der Waals surface area (Å²) in [7, 11) is -1.70. The molecule has 0 aromatic heterocycles. The number of aliphatic hydroxyl groups is 1. The average molecular weight is 306 g/mol. The van der Waals surface area contributed by atoms with E-state index in [1.165, 1.54) is 4.31 Å². The highest BCUT2D eigenvalue weighted by Crippen LogP contribution is 2.48. The Labute approximate surface area is 121 Å². The number of methoxy groups -OCH3 is 1. The van der Waals surface area contributed by atoms with Gasteiger partial charge in [0.25, 0.3) is 10.2 Å². The molecule has 0 aromatic carbocycles. The van der Waals surface area contributed by atoms with Crippen LogP contribution < -0.4 is 4.72 Å². The Morgan fingerprint density at radius 1 is 1.35 bits per heavy atom. The summed E-state index contributed by atoms with van der Waals surface area (Å²) in [4.78, 5) is 0. The summed E-state index contributed by atoms with van der Waals surface area (Å²) in [5.41, 5.74) is 0.118. The van der Waals surface area contributed by atoms with Crippen LogP contribution in [-0.2, 0) is 14.9 Å². The maximum Gasteiger partial charge on any atom is 0.279 e. The minimum atomic E-state index is -3.37. The number of nitrogens with one attached hydrogen (secondary N) is 1. The van der Waals surface area contributed by atoms with Gasteiger partial charge in [-0.05, 0) is 43.4 Å². The fourth-order valence-corrected chi connectivity index (χ4v) is 4.04. The lowest BCUT2D eigenvalue weighted by Crippen LogP contribution is -2.46. The van der Waals surface area contributed by atoms with E-state index in [9.17, 15) is 8.42 Å². The van der Waals surface area contributed by atoms with Crippen LogP contribution in [0.5, 0.6) is 0 Å². The lowest BCUT2D eigenvalue weighted by molar-refractivity contribution is 0.167. The standard InChI is InChI=1S/C13H26N2O4S/c1-19-9-6-13(4-5-13)11-14-20(17,18)15-7-2-12(10-16)3-8-15/h12,14,16H,2-11H2,1H3. The number of ether oxygens (including phenoxy) is 1. The van der Waals surface area contributed by atoms with Crippen LogP contribution in [0.2, 0.25) is 0 Å². The van der Waals surface area contributed by atoms with Crippen LogP contribution in [0.4, 0.5) is 0 Å². The molecule has 1 aliphatic heterocycles. The molecule has 0 radical (unpaired) electrons. The van der Waals surface area contributed by atoms with E-state index >= 15 is 0 Å². The van der Waals surface area contributed by atoms with Gasteiger partial charge in [-0.25, -0.2) is 4.72 Å². The molecule has 20 heavy (non-hydrogen) atoms. The third-order valence-corrected chi connectivity index (χ3v) is 6.15. The Hall–Kier alpha value is -0.210. The average Bonchev–Trinajstić information content (AvgIpc) is 3.24. The van der Waals surface area contributed by atoms with Crippen LogP contribution in [0.3, 0.4) is 0 Å². The molecule has 0 unspecified atom stereocenters. The van der Waals surface area contributed by atoms with E-state index in [1.54, 1.807) is 7.11 Å². The molecule has 7 heteroatoms. The molecule has 6 nitrogen and oxygen atoms in total. The molecule has 0 aromatic rings. The van der Waals surface area contributed by atoms with E-state index in [2.05, 4.69) is 4.72 Å². The van der Waals surface area contributed by atoms with Crippen molar-refractivity contribution in [2.45, 2.75) is 32.1 Å². The Kier molecular flexibility index (Phi) is 5.42. The molecule has 0 atom stereocenters. The van der Waals surface area contributed by atoms with E-state index < -0.39 is 10.2 Å². The summed E-state index contributed by atoms with van der Waals surface area (Å²) >= 11 is 0. The fourth-order valence-electron chi connectivity index (χ4n) is 2.68. The number of rotatable bonds is 8. The Morgan fingerprint density at radius 2 is 2.00 bits per heavy atom. The maximum absolute atomic E-state index is 12.2. The van der Waals surface area contributed by atoms with Crippen LogP contribution in [0.15, 0.2) is 0 Å². The van der Waals surface area contributed by atoms with Crippen LogP contribution in [0.25, 0.3) is 0 Å². The lowest BCUT2D eigenvalue weighted by atomic mass is 10.00. The van der Waals surface area contributed by atoms with Gasteiger partial charge in [0, 0.05) is 40.0 Å². The van der Waals surface area contributed by atoms with Gasteiger partial charge >= 0.3 is 0 Å². The minimum absolute atomic E-state index is 0.118. The molecule has 1 saturated carbocycles. The predicted molar refractivity (Wildman–Crippen MR) is 76.5 cm³/mol. The molecular formula is C13H26N2O4S. The van der Waals surface area contributed by atoms with Crippen molar-refractivity contribution < 1.29 is 18.3 Å². The second kappa shape index (κ2) is 6.70. The third kappa shape index (κ3) is 4.14. The van der Waals surface area contributed by atoms with Gasteiger partial charge in [-0.1, -0.05) is 0 Å². The second-order valence-electron chi connectivity index (χ2n) is 6.09. The summed E-state index contributed by atoms with van der Waals surface area (Å²) in [5.74, 6) is 0.248. The number of hydrogen-bond acceptors (Lipinski definition) is 4. The van der Waals surface area contributed by atoms with Gasteiger partial charge in [-0.2, -0.15) is 12.7 Å². The molecule has 1 heterocycles. The Bertz CT molecular complexity index is 401. The molecule has 2 N–H and O–H groups in total. The van der Waals surface area contributed by atoms with Crippen molar-refractivity contribution >= 4 is 10.2 Å². The highest BCUT2D eigenvalue weighted by atomic mass is 32.2. The number of aliphatic hydroxyl groups excluding tert-OH is 1. The lowest BCUT2D eigenvalue weighted by Gasteiger charge is -2.30. The summed E-state index contributed by atoms with van der Waals surface area (Å²) in [6, 6.07) is 0. The molecule has 0 bridgehead atoms. The van der Waals surface area contributed by atoms with Crippen molar-refractivity contribution in [3.05, 3.63) is 0 Å². The molecular weight excluding hydrogens is 280 g/mol. The highest BCUT2D eigenvalue weighted by molar-refractivity contribution is 7.87. The molecule has 0 spiro atoms. The van der Waals surface area contributed by atoms with Crippen LogP contribution >= 0.6 is 0 Å². The summed E-state index contributed by atoms with van der Waals surface area (Å²) < 4.78 is 33.8. The maximum atomic E-state index is 12.2. The largest absolute Gasteiger partial charge is 0.396 e. The molecule has 2 fully saturated rings. The monoisotopic (exact) mass is 306 g/mol. The normalized spacial score (nSPS) is 23.9. The van der Waals surface area contributed by atoms with Gasteiger partial charge in [0.05, 0.1) is 0 Å². The number of nitrogens with zero attached hydrogens (tertiary/aromatic N) is 1. The van der Waals surface area contributed by atoms with Crippen molar-refractivity contribution in [1.29, 1.82) is 0 Å². The molecule has 2 rings (SSSR count).